The number of aromatic hydroxyl groups is 1. The number of carbonyl (C=O) groups is 1. The maximum absolute atomic E-state index is 12.3. The van der Waals surface area contributed by atoms with Gasteiger partial charge in [-0.05, 0) is 60.0 Å². The SMILES string of the molecule is Cc1ccc2c(c1)c(N=NC(=O)COc1ccc3cc(Br)ccc3c1)c(O)n2CC(C)C. The van der Waals surface area contributed by atoms with Crippen LogP contribution in [0, 0.1) is 12.8 Å². The van der Waals surface area contributed by atoms with E-state index < -0.39 is 5.91 Å². The molecule has 0 fully saturated rings. The first kappa shape index (κ1) is 22.0. The first-order valence-corrected chi connectivity index (χ1v) is 11.2. The molecule has 1 amide bonds. The highest BCUT2D eigenvalue weighted by Crippen LogP contribution is 2.39. The van der Waals surface area contributed by atoms with Gasteiger partial charge in [-0.1, -0.05) is 53.5 Å². The van der Waals surface area contributed by atoms with Gasteiger partial charge in [-0.25, -0.2) is 0 Å². The molecule has 164 valence electrons. The zero-order valence-corrected chi connectivity index (χ0v) is 19.8. The quantitative estimate of drug-likeness (QED) is 0.296. The number of fused-ring (bicyclic) bond motifs is 2. The van der Waals surface area contributed by atoms with Gasteiger partial charge in [0.15, 0.2) is 12.3 Å². The number of benzene rings is 3. The van der Waals surface area contributed by atoms with Crippen LogP contribution in [-0.4, -0.2) is 22.2 Å². The van der Waals surface area contributed by atoms with Crippen LogP contribution in [0.3, 0.4) is 0 Å². The lowest BCUT2D eigenvalue weighted by Crippen LogP contribution is -2.07. The Hall–Kier alpha value is -3.19. The van der Waals surface area contributed by atoms with Gasteiger partial charge in [0.05, 0.1) is 5.52 Å². The van der Waals surface area contributed by atoms with E-state index in [4.69, 9.17) is 4.74 Å². The summed E-state index contributed by atoms with van der Waals surface area (Å²) in [7, 11) is 0. The Morgan fingerprint density at radius 3 is 2.62 bits per heavy atom. The van der Waals surface area contributed by atoms with Crippen LogP contribution in [0.25, 0.3) is 21.7 Å². The summed E-state index contributed by atoms with van der Waals surface area (Å²) < 4.78 is 8.42. The minimum Gasteiger partial charge on any atom is -0.493 e. The fraction of sp³-hybridized carbons (Fsp3) is 0.240. The van der Waals surface area contributed by atoms with Crippen LogP contribution < -0.4 is 4.74 Å². The molecular weight excluding hydrogens is 470 g/mol. The van der Waals surface area contributed by atoms with Crippen molar-refractivity contribution in [3.8, 4) is 11.6 Å². The van der Waals surface area contributed by atoms with Gasteiger partial charge < -0.3 is 14.4 Å². The number of nitrogens with zero attached hydrogens (tertiary/aromatic N) is 3. The molecule has 0 spiro atoms. The summed E-state index contributed by atoms with van der Waals surface area (Å²) in [5.74, 6) is 0.395. The lowest BCUT2D eigenvalue weighted by atomic mass is 10.1. The van der Waals surface area contributed by atoms with Crippen LogP contribution >= 0.6 is 15.9 Å². The van der Waals surface area contributed by atoms with Crippen LogP contribution in [0.15, 0.2) is 69.3 Å². The molecule has 1 N–H and O–H groups in total. The van der Waals surface area contributed by atoms with Crippen molar-refractivity contribution < 1.29 is 14.6 Å². The van der Waals surface area contributed by atoms with Gasteiger partial charge in [-0.3, -0.25) is 4.79 Å². The number of azo groups is 1. The minimum absolute atomic E-state index is 0.0115. The molecule has 0 unspecified atom stereocenters. The molecule has 1 aromatic heterocycles. The standard InChI is InChI=1S/C25H24BrN3O3/c1-15(2)13-29-22-9-4-16(3)10-21(22)24(25(29)31)28-27-23(30)14-32-20-8-6-17-11-19(26)7-5-18(17)12-20/h4-12,15,31H,13-14H2,1-3H3. The van der Waals surface area contributed by atoms with Crippen LogP contribution in [0.2, 0.25) is 0 Å². The Labute approximate surface area is 194 Å². The van der Waals surface area contributed by atoms with E-state index >= 15 is 0 Å². The number of aromatic nitrogens is 1. The van der Waals surface area contributed by atoms with Crippen molar-refractivity contribution in [1.29, 1.82) is 0 Å². The molecule has 0 aliphatic heterocycles. The number of rotatable bonds is 6. The van der Waals surface area contributed by atoms with E-state index in [0.717, 1.165) is 31.7 Å². The third-order valence-corrected chi connectivity index (χ3v) is 5.60. The highest BCUT2D eigenvalue weighted by atomic mass is 79.9. The van der Waals surface area contributed by atoms with Crippen LogP contribution in [-0.2, 0) is 11.3 Å². The number of hydrogen-bond donors (Lipinski definition) is 1. The summed E-state index contributed by atoms with van der Waals surface area (Å²) in [5.41, 5.74) is 2.20. The fourth-order valence-corrected chi connectivity index (χ4v) is 4.03. The first-order valence-electron chi connectivity index (χ1n) is 10.4. The van der Waals surface area contributed by atoms with Crippen molar-refractivity contribution in [3.05, 3.63) is 64.6 Å². The lowest BCUT2D eigenvalue weighted by Gasteiger charge is -2.09. The van der Waals surface area contributed by atoms with Crippen molar-refractivity contribution >= 4 is 49.2 Å². The van der Waals surface area contributed by atoms with Crippen molar-refractivity contribution in [2.24, 2.45) is 16.1 Å². The summed E-state index contributed by atoms with van der Waals surface area (Å²) in [6.07, 6.45) is 0. The zero-order chi connectivity index (χ0) is 22.8. The minimum atomic E-state index is -0.530. The topological polar surface area (TPSA) is 76.2 Å². The fourth-order valence-electron chi connectivity index (χ4n) is 3.65. The molecule has 0 atom stereocenters. The molecule has 0 saturated heterocycles. The number of amides is 1. The summed E-state index contributed by atoms with van der Waals surface area (Å²) >= 11 is 3.46. The Morgan fingerprint density at radius 2 is 1.84 bits per heavy atom. The van der Waals surface area contributed by atoms with Gasteiger partial charge in [-0.2, -0.15) is 0 Å². The Morgan fingerprint density at radius 1 is 1.09 bits per heavy atom. The second-order valence-electron chi connectivity index (χ2n) is 8.23. The number of aryl methyl sites for hydroxylation is 1. The van der Waals surface area contributed by atoms with E-state index in [1.54, 1.807) is 0 Å². The molecule has 1 heterocycles. The maximum Gasteiger partial charge on any atom is 0.302 e. The molecular formula is C25H24BrN3O3. The summed E-state index contributed by atoms with van der Waals surface area (Å²) in [5, 5.41) is 21.5. The average molecular weight is 494 g/mol. The Bertz CT molecular complexity index is 1340. The highest BCUT2D eigenvalue weighted by Gasteiger charge is 2.18. The van der Waals surface area contributed by atoms with Gasteiger partial charge in [0.2, 0.25) is 5.88 Å². The van der Waals surface area contributed by atoms with Crippen molar-refractivity contribution in [3.63, 3.8) is 0 Å². The first-order chi connectivity index (χ1) is 15.3. The molecule has 32 heavy (non-hydrogen) atoms. The third kappa shape index (κ3) is 4.67. The normalized spacial score (nSPS) is 11.8. The smallest absolute Gasteiger partial charge is 0.302 e. The van der Waals surface area contributed by atoms with Gasteiger partial charge in [0, 0.05) is 16.4 Å². The summed E-state index contributed by atoms with van der Waals surface area (Å²) in [4.78, 5) is 12.3. The molecule has 0 radical (unpaired) electrons. The second-order valence-corrected chi connectivity index (χ2v) is 9.15. The molecule has 0 aliphatic rings. The van der Waals surface area contributed by atoms with Gasteiger partial charge in [0.25, 0.3) is 0 Å². The highest BCUT2D eigenvalue weighted by molar-refractivity contribution is 9.10. The van der Waals surface area contributed by atoms with Gasteiger partial charge >= 0.3 is 5.91 Å². The van der Waals surface area contributed by atoms with E-state index in [0.29, 0.717) is 23.9 Å². The predicted molar refractivity (Wildman–Crippen MR) is 130 cm³/mol. The van der Waals surface area contributed by atoms with E-state index in [2.05, 4.69) is 40.0 Å². The number of carbonyl (C=O) groups excluding carboxylic acids is 1. The zero-order valence-electron chi connectivity index (χ0n) is 18.2. The molecule has 4 aromatic rings. The Kier molecular flexibility index (Phi) is 6.28. The number of halogens is 1. The van der Waals surface area contributed by atoms with E-state index in [1.165, 1.54) is 0 Å². The largest absolute Gasteiger partial charge is 0.493 e. The maximum atomic E-state index is 12.3. The number of ether oxygens (including phenoxy) is 1. The van der Waals surface area contributed by atoms with E-state index in [-0.39, 0.29) is 12.5 Å². The predicted octanol–water partition coefficient (Wildman–Crippen LogP) is 6.92. The van der Waals surface area contributed by atoms with Crippen LogP contribution in [0.5, 0.6) is 11.6 Å². The molecule has 7 heteroatoms. The van der Waals surface area contributed by atoms with Crippen LogP contribution in [0.1, 0.15) is 19.4 Å². The second kappa shape index (κ2) is 9.12. The molecule has 0 saturated carbocycles. The molecule has 0 aliphatic carbocycles. The van der Waals surface area contributed by atoms with Gasteiger partial charge in [0.1, 0.15) is 5.75 Å². The molecule has 6 nitrogen and oxygen atoms in total. The summed E-state index contributed by atoms with van der Waals surface area (Å²) in [6.45, 7) is 6.52. The van der Waals surface area contributed by atoms with Crippen LogP contribution in [0.4, 0.5) is 5.69 Å². The van der Waals surface area contributed by atoms with Crippen molar-refractivity contribution in [1.82, 2.24) is 4.57 Å². The lowest BCUT2D eigenvalue weighted by molar-refractivity contribution is -0.120. The monoisotopic (exact) mass is 493 g/mol. The van der Waals surface area contributed by atoms with Gasteiger partial charge in [-0.15, -0.1) is 10.2 Å². The molecule has 3 aromatic carbocycles. The molecule has 0 bridgehead atoms. The van der Waals surface area contributed by atoms with E-state index in [1.807, 2.05) is 66.1 Å². The summed E-state index contributed by atoms with van der Waals surface area (Å²) in [6, 6.07) is 17.5. The Balaban J connectivity index is 1.52. The average Bonchev–Trinajstić information content (AvgIpc) is 3.00. The van der Waals surface area contributed by atoms with E-state index in [9.17, 15) is 9.90 Å². The van der Waals surface area contributed by atoms with Crippen molar-refractivity contribution in [2.45, 2.75) is 27.3 Å². The third-order valence-electron chi connectivity index (χ3n) is 5.11. The molecule has 4 rings (SSSR count). The van der Waals surface area contributed by atoms with Crippen molar-refractivity contribution in [2.75, 3.05) is 6.61 Å². The number of hydrogen-bond acceptors (Lipinski definition) is 4.